The Hall–Kier alpha value is -2.11. The van der Waals surface area contributed by atoms with Crippen molar-refractivity contribution >= 4 is 17.7 Å². The molecule has 6 nitrogen and oxygen atoms in total. The van der Waals surface area contributed by atoms with E-state index in [4.69, 9.17) is 4.74 Å². The number of hydrogen-bond acceptors (Lipinski definition) is 5. The van der Waals surface area contributed by atoms with Crippen LogP contribution in [0.1, 0.15) is 26.2 Å². The fourth-order valence-electron chi connectivity index (χ4n) is 2.03. The van der Waals surface area contributed by atoms with Crippen molar-refractivity contribution in [2.24, 2.45) is 0 Å². The zero-order valence-corrected chi connectivity index (χ0v) is 11.9. The third kappa shape index (κ3) is 4.22. The predicted octanol–water partition coefficient (Wildman–Crippen LogP) is 2.80. The molecule has 0 bridgehead atoms. The molecule has 0 amide bonds. The Bertz CT molecular complexity index is 462. The van der Waals surface area contributed by atoms with Gasteiger partial charge in [-0.25, -0.2) is 0 Å². The number of rotatable bonds is 9. The molecule has 0 saturated heterocycles. The summed E-state index contributed by atoms with van der Waals surface area (Å²) in [5, 5.41) is 10.8. The normalized spacial score (nSPS) is 10.1. The van der Waals surface area contributed by atoms with E-state index in [0.29, 0.717) is 12.2 Å². The molecule has 1 aromatic carbocycles. The Morgan fingerprint density at radius 3 is 2.70 bits per heavy atom. The first-order valence-corrected chi connectivity index (χ1v) is 6.65. The topological polar surface area (TPSA) is 72.7 Å². The summed E-state index contributed by atoms with van der Waals surface area (Å²) >= 11 is 0. The van der Waals surface area contributed by atoms with Gasteiger partial charge in [-0.05, 0) is 18.9 Å². The molecular weight excluding hydrogens is 260 g/mol. The van der Waals surface area contributed by atoms with Crippen LogP contribution in [-0.2, 0) is 4.79 Å². The number of non-ortho nitro benzene ring substituents is 1. The highest BCUT2D eigenvalue weighted by Gasteiger charge is 2.15. The summed E-state index contributed by atoms with van der Waals surface area (Å²) in [5.41, 5.74) is 0.834. The number of carbonyl (C=O) groups is 1. The summed E-state index contributed by atoms with van der Waals surface area (Å²) in [6.45, 7) is 3.60. The number of unbranched alkanes of at least 4 members (excludes halogenated alkanes) is 1. The number of aldehydes is 1. The van der Waals surface area contributed by atoms with E-state index in [1.54, 1.807) is 6.07 Å². The maximum atomic E-state index is 10.8. The van der Waals surface area contributed by atoms with Crippen molar-refractivity contribution in [3.63, 3.8) is 0 Å². The lowest BCUT2D eigenvalue weighted by Gasteiger charge is -2.25. The molecule has 0 atom stereocenters. The third-order valence-corrected chi connectivity index (χ3v) is 2.96. The van der Waals surface area contributed by atoms with Crippen LogP contribution in [0.4, 0.5) is 11.4 Å². The molecule has 0 aliphatic carbocycles. The van der Waals surface area contributed by atoms with Crippen molar-refractivity contribution in [2.45, 2.75) is 26.2 Å². The molecular formula is C14H20N2O4. The molecule has 110 valence electrons. The maximum absolute atomic E-state index is 10.8. The lowest BCUT2D eigenvalue weighted by molar-refractivity contribution is -0.384. The van der Waals surface area contributed by atoms with Crippen molar-refractivity contribution < 1.29 is 14.5 Å². The molecule has 0 aromatic heterocycles. The summed E-state index contributed by atoms with van der Waals surface area (Å²) in [6.07, 6.45) is 3.11. The maximum Gasteiger partial charge on any atom is 0.273 e. The summed E-state index contributed by atoms with van der Waals surface area (Å²) in [5.74, 6) is 0.485. The van der Waals surface area contributed by atoms with Crippen LogP contribution < -0.4 is 9.64 Å². The third-order valence-electron chi connectivity index (χ3n) is 2.96. The molecule has 1 rings (SSSR count). The Morgan fingerprint density at radius 2 is 2.15 bits per heavy atom. The molecule has 0 aliphatic heterocycles. The smallest absolute Gasteiger partial charge is 0.273 e. The fraction of sp³-hybridized carbons (Fsp3) is 0.500. The predicted molar refractivity (Wildman–Crippen MR) is 77.5 cm³/mol. The van der Waals surface area contributed by atoms with E-state index < -0.39 is 4.92 Å². The number of hydrogen-bond donors (Lipinski definition) is 0. The number of benzene rings is 1. The molecule has 0 heterocycles. The Labute approximate surface area is 118 Å². The van der Waals surface area contributed by atoms with Crippen LogP contribution in [0.25, 0.3) is 0 Å². The van der Waals surface area contributed by atoms with Crippen LogP contribution in [0, 0.1) is 10.1 Å². The van der Waals surface area contributed by atoms with Gasteiger partial charge in [0.1, 0.15) is 12.0 Å². The molecule has 0 N–H and O–H groups in total. The van der Waals surface area contributed by atoms with Crippen LogP contribution >= 0.6 is 0 Å². The highest BCUT2D eigenvalue weighted by atomic mass is 16.6. The van der Waals surface area contributed by atoms with E-state index in [-0.39, 0.29) is 5.69 Å². The molecule has 1 aromatic rings. The van der Waals surface area contributed by atoms with Crippen LogP contribution in [-0.4, -0.2) is 31.4 Å². The molecule has 0 radical (unpaired) electrons. The van der Waals surface area contributed by atoms with Crippen molar-refractivity contribution in [3.8, 4) is 5.75 Å². The quantitative estimate of drug-likeness (QED) is 0.301. The minimum atomic E-state index is -0.442. The van der Waals surface area contributed by atoms with Gasteiger partial charge in [0.2, 0.25) is 0 Å². The number of nitrogens with zero attached hydrogens (tertiary/aromatic N) is 2. The fourth-order valence-corrected chi connectivity index (χ4v) is 2.03. The largest absolute Gasteiger partial charge is 0.494 e. The van der Waals surface area contributed by atoms with E-state index >= 15 is 0 Å². The summed E-state index contributed by atoms with van der Waals surface area (Å²) in [7, 11) is 1.50. The van der Waals surface area contributed by atoms with E-state index in [0.717, 1.165) is 37.9 Å². The SMILES string of the molecule is CCCN(CCCC=O)c1ccc([N+](=O)[O-])cc1OC. The van der Waals surface area contributed by atoms with Crippen LogP contribution in [0.3, 0.4) is 0 Å². The lowest BCUT2D eigenvalue weighted by Crippen LogP contribution is -2.25. The van der Waals surface area contributed by atoms with Gasteiger partial charge >= 0.3 is 0 Å². The van der Waals surface area contributed by atoms with Crippen LogP contribution in [0.15, 0.2) is 18.2 Å². The van der Waals surface area contributed by atoms with Gasteiger partial charge in [-0.1, -0.05) is 6.92 Å². The van der Waals surface area contributed by atoms with Gasteiger partial charge in [-0.2, -0.15) is 0 Å². The number of nitro benzene ring substituents is 1. The second-order valence-electron chi connectivity index (χ2n) is 4.41. The van der Waals surface area contributed by atoms with Crippen molar-refractivity contribution in [3.05, 3.63) is 28.3 Å². The zero-order valence-electron chi connectivity index (χ0n) is 11.9. The molecule has 0 fully saturated rings. The number of methoxy groups -OCH3 is 1. The highest BCUT2D eigenvalue weighted by Crippen LogP contribution is 2.32. The number of anilines is 1. The molecule has 20 heavy (non-hydrogen) atoms. The average molecular weight is 280 g/mol. The first-order chi connectivity index (χ1) is 9.63. The van der Waals surface area contributed by atoms with E-state index in [2.05, 4.69) is 11.8 Å². The van der Waals surface area contributed by atoms with Crippen molar-refractivity contribution in [1.82, 2.24) is 0 Å². The second kappa shape index (κ2) is 8.14. The minimum Gasteiger partial charge on any atom is -0.494 e. The Morgan fingerprint density at radius 1 is 1.40 bits per heavy atom. The molecule has 0 saturated carbocycles. The molecule has 6 heteroatoms. The minimum absolute atomic E-state index is 0.00920. The van der Waals surface area contributed by atoms with Gasteiger partial charge in [0.05, 0.1) is 23.8 Å². The summed E-state index contributed by atoms with van der Waals surface area (Å²) in [6, 6.07) is 4.60. The van der Waals surface area contributed by atoms with Gasteiger partial charge in [0, 0.05) is 25.6 Å². The second-order valence-corrected chi connectivity index (χ2v) is 4.41. The molecule has 0 spiro atoms. The molecule has 0 aliphatic rings. The van der Waals surface area contributed by atoms with Gasteiger partial charge in [0.25, 0.3) is 5.69 Å². The van der Waals surface area contributed by atoms with Gasteiger partial charge in [-0.15, -0.1) is 0 Å². The van der Waals surface area contributed by atoms with Crippen molar-refractivity contribution in [2.75, 3.05) is 25.1 Å². The highest BCUT2D eigenvalue weighted by molar-refractivity contribution is 5.62. The standard InChI is InChI=1S/C14H20N2O4/c1-3-8-15(9-4-5-10-17)13-7-6-12(16(18)19)11-14(13)20-2/h6-7,10-11H,3-5,8-9H2,1-2H3. The summed E-state index contributed by atoms with van der Waals surface area (Å²) < 4.78 is 5.25. The first-order valence-electron chi connectivity index (χ1n) is 6.65. The zero-order chi connectivity index (χ0) is 15.0. The lowest BCUT2D eigenvalue weighted by atomic mass is 10.2. The van der Waals surface area contributed by atoms with Gasteiger partial charge in [-0.3, -0.25) is 10.1 Å². The van der Waals surface area contributed by atoms with Gasteiger partial charge in [0.15, 0.2) is 0 Å². The average Bonchev–Trinajstić information content (AvgIpc) is 2.45. The van der Waals surface area contributed by atoms with E-state index in [9.17, 15) is 14.9 Å². The number of carbonyl (C=O) groups excluding carboxylic acids is 1. The van der Waals surface area contributed by atoms with E-state index in [1.165, 1.54) is 19.2 Å². The first kappa shape index (κ1) is 15.9. The Balaban J connectivity index is 2.98. The van der Waals surface area contributed by atoms with Crippen LogP contribution in [0.5, 0.6) is 5.75 Å². The van der Waals surface area contributed by atoms with E-state index in [1.807, 2.05) is 0 Å². The van der Waals surface area contributed by atoms with Gasteiger partial charge < -0.3 is 14.4 Å². The van der Waals surface area contributed by atoms with Crippen LogP contribution in [0.2, 0.25) is 0 Å². The monoisotopic (exact) mass is 280 g/mol. The molecule has 0 unspecified atom stereocenters. The van der Waals surface area contributed by atoms with Crippen molar-refractivity contribution in [1.29, 1.82) is 0 Å². The Kier molecular flexibility index (Phi) is 6.49. The number of ether oxygens (including phenoxy) is 1. The summed E-state index contributed by atoms with van der Waals surface area (Å²) in [4.78, 5) is 22.8. The number of nitro groups is 1.